The van der Waals surface area contributed by atoms with E-state index < -0.39 is 11.5 Å². The maximum Gasteiger partial charge on any atom is 0.266 e. The summed E-state index contributed by atoms with van der Waals surface area (Å²) in [6.07, 6.45) is 5.57. The average molecular weight is 417 g/mol. The fraction of sp³-hybridized carbons (Fsp3) is 0.400. The number of hydrogen-bond donors (Lipinski definition) is 2. The number of thioether (sulfide) groups is 1. The first-order chi connectivity index (χ1) is 14.0. The quantitative estimate of drug-likeness (QED) is 0.530. The molecule has 0 bridgehead atoms. The van der Waals surface area contributed by atoms with Gasteiger partial charge in [0.05, 0.1) is 12.9 Å². The third-order valence-corrected chi connectivity index (χ3v) is 5.79. The van der Waals surface area contributed by atoms with E-state index in [-0.39, 0.29) is 23.3 Å². The Morgan fingerprint density at radius 3 is 2.79 bits per heavy atom. The lowest BCUT2D eigenvalue weighted by molar-refractivity contribution is -0.119. The topological polar surface area (TPSA) is 102 Å². The number of aromatic nitrogens is 2. The summed E-state index contributed by atoms with van der Waals surface area (Å²) in [5.74, 6) is 0.140. The predicted molar refractivity (Wildman–Crippen MR) is 112 cm³/mol. The number of ether oxygens (including phenoxy) is 1. The predicted octanol–water partition coefficient (Wildman–Crippen LogP) is 2.19. The van der Waals surface area contributed by atoms with Crippen LogP contribution in [0.3, 0.4) is 0 Å². The molecule has 1 heterocycles. The van der Waals surface area contributed by atoms with Crippen molar-refractivity contribution in [3.05, 3.63) is 46.4 Å². The van der Waals surface area contributed by atoms with Crippen molar-refractivity contribution in [1.82, 2.24) is 14.9 Å². The van der Waals surface area contributed by atoms with Gasteiger partial charge in [-0.2, -0.15) is 0 Å². The molecule has 1 saturated carbocycles. The van der Waals surface area contributed by atoms with E-state index in [1.807, 2.05) is 0 Å². The molecule has 1 fully saturated rings. The molecular weight excluding hydrogens is 392 g/mol. The molecule has 9 heteroatoms. The van der Waals surface area contributed by atoms with Crippen molar-refractivity contribution in [2.45, 2.75) is 36.9 Å². The Morgan fingerprint density at radius 1 is 1.31 bits per heavy atom. The zero-order valence-corrected chi connectivity index (χ0v) is 17.3. The lowest BCUT2D eigenvalue weighted by atomic mass is 10.2. The number of carbonyl (C=O) groups is 2. The highest BCUT2D eigenvalue weighted by Crippen LogP contribution is 2.19. The molecule has 0 aliphatic heterocycles. The van der Waals surface area contributed by atoms with Crippen molar-refractivity contribution >= 4 is 29.3 Å². The summed E-state index contributed by atoms with van der Waals surface area (Å²) < 4.78 is 6.41. The summed E-state index contributed by atoms with van der Waals surface area (Å²) in [5.41, 5.74) is -0.0346. The molecule has 1 aliphatic rings. The number of carbonyl (C=O) groups excluding carboxylic acids is 2. The molecule has 0 saturated heterocycles. The molecule has 2 aromatic rings. The maximum absolute atomic E-state index is 12.6. The van der Waals surface area contributed by atoms with Gasteiger partial charge in [0.25, 0.3) is 11.5 Å². The largest absolute Gasteiger partial charge is 0.497 e. The van der Waals surface area contributed by atoms with E-state index >= 15 is 0 Å². The minimum Gasteiger partial charge on any atom is -0.497 e. The smallest absolute Gasteiger partial charge is 0.266 e. The summed E-state index contributed by atoms with van der Waals surface area (Å²) >= 11 is 1.17. The van der Waals surface area contributed by atoms with E-state index in [9.17, 15) is 14.4 Å². The van der Waals surface area contributed by atoms with Gasteiger partial charge >= 0.3 is 0 Å². The summed E-state index contributed by atoms with van der Waals surface area (Å²) in [4.78, 5) is 41.3. The van der Waals surface area contributed by atoms with Gasteiger partial charge in [-0.3, -0.25) is 19.0 Å². The van der Waals surface area contributed by atoms with Crippen LogP contribution in [0.25, 0.3) is 0 Å². The molecule has 1 aromatic carbocycles. The molecule has 29 heavy (non-hydrogen) atoms. The molecule has 1 aromatic heterocycles. The van der Waals surface area contributed by atoms with Gasteiger partial charge in [-0.05, 0) is 25.0 Å². The van der Waals surface area contributed by atoms with Gasteiger partial charge in [-0.25, -0.2) is 4.98 Å². The maximum atomic E-state index is 12.6. The lowest BCUT2D eigenvalue weighted by Gasteiger charge is -2.12. The number of amides is 2. The van der Waals surface area contributed by atoms with Gasteiger partial charge in [-0.1, -0.05) is 30.7 Å². The molecule has 0 unspecified atom stereocenters. The fourth-order valence-electron chi connectivity index (χ4n) is 3.19. The van der Waals surface area contributed by atoms with Gasteiger partial charge in [0.1, 0.15) is 11.3 Å². The molecule has 0 spiro atoms. The minimum atomic E-state index is -0.554. The van der Waals surface area contributed by atoms with E-state index in [1.54, 1.807) is 24.3 Å². The Bertz CT molecular complexity index is 954. The zero-order chi connectivity index (χ0) is 20.8. The van der Waals surface area contributed by atoms with Crippen LogP contribution in [0.15, 0.2) is 40.4 Å². The van der Waals surface area contributed by atoms with Crippen LogP contribution in [-0.2, 0) is 11.8 Å². The first-order valence-electron chi connectivity index (χ1n) is 9.41. The Hall–Kier alpha value is -2.81. The number of methoxy groups -OCH3 is 1. The van der Waals surface area contributed by atoms with Crippen molar-refractivity contribution in [2.24, 2.45) is 7.05 Å². The van der Waals surface area contributed by atoms with Crippen LogP contribution in [0.1, 0.15) is 36.0 Å². The number of anilines is 1. The highest BCUT2D eigenvalue weighted by Gasteiger charge is 2.19. The van der Waals surface area contributed by atoms with Crippen molar-refractivity contribution in [3.8, 4) is 5.75 Å². The third-order valence-electron chi connectivity index (χ3n) is 4.75. The number of nitrogens with one attached hydrogen (secondary N) is 2. The molecule has 2 amide bonds. The van der Waals surface area contributed by atoms with Gasteiger partial charge in [0.2, 0.25) is 5.91 Å². The van der Waals surface area contributed by atoms with E-state index in [0.29, 0.717) is 16.6 Å². The first-order valence-corrected chi connectivity index (χ1v) is 10.4. The number of nitrogens with zero attached hydrogens (tertiary/aromatic N) is 2. The van der Waals surface area contributed by atoms with Gasteiger partial charge < -0.3 is 15.4 Å². The van der Waals surface area contributed by atoms with Gasteiger partial charge in [0.15, 0.2) is 5.16 Å². The average Bonchev–Trinajstić information content (AvgIpc) is 3.22. The molecule has 0 atom stereocenters. The molecule has 8 nitrogen and oxygen atoms in total. The van der Waals surface area contributed by atoms with Crippen molar-refractivity contribution in [1.29, 1.82) is 0 Å². The van der Waals surface area contributed by atoms with Crippen LogP contribution >= 0.6 is 11.8 Å². The monoisotopic (exact) mass is 416 g/mol. The molecular formula is C20H24N4O4S. The fourth-order valence-corrected chi connectivity index (χ4v) is 3.94. The summed E-state index contributed by atoms with van der Waals surface area (Å²) in [6.45, 7) is 0. The Labute approximate surface area is 173 Å². The normalized spacial score (nSPS) is 13.9. The Morgan fingerprint density at radius 2 is 2.07 bits per heavy atom. The minimum absolute atomic E-state index is 0.0732. The van der Waals surface area contributed by atoms with Crippen molar-refractivity contribution in [3.63, 3.8) is 0 Å². The van der Waals surface area contributed by atoms with Crippen LogP contribution in [0.2, 0.25) is 0 Å². The summed E-state index contributed by atoms with van der Waals surface area (Å²) in [7, 11) is 3.07. The summed E-state index contributed by atoms with van der Waals surface area (Å²) in [6, 6.07) is 7.10. The zero-order valence-electron chi connectivity index (χ0n) is 16.4. The van der Waals surface area contributed by atoms with Crippen LogP contribution in [-0.4, -0.2) is 40.3 Å². The van der Waals surface area contributed by atoms with Gasteiger partial charge in [-0.15, -0.1) is 0 Å². The Balaban J connectivity index is 1.64. The standard InChI is InChI=1S/C20H24N4O4S/c1-24-19(27)16(18(26)23-14-8-5-9-15(10-14)28-2)11-21-20(24)29-12-17(25)22-13-6-3-4-7-13/h5,8-11,13H,3-4,6-7,12H2,1-2H3,(H,22,25)(H,23,26). The molecule has 0 radical (unpaired) electrons. The second-order valence-corrected chi connectivity index (χ2v) is 7.78. The second-order valence-electron chi connectivity index (χ2n) is 6.84. The lowest BCUT2D eigenvalue weighted by Crippen LogP contribution is -2.34. The molecule has 154 valence electrons. The molecule has 2 N–H and O–H groups in total. The van der Waals surface area contributed by atoms with E-state index in [0.717, 1.165) is 25.7 Å². The second kappa shape index (κ2) is 9.60. The van der Waals surface area contributed by atoms with Gasteiger partial charge in [0, 0.05) is 31.0 Å². The third kappa shape index (κ3) is 5.38. The summed E-state index contributed by atoms with van der Waals surface area (Å²) in [5, 5.41) is 6.05. The van der Waals surface area contributed by atoms with E-state index in [1.165, 1.54) is 36.7 Å². The number of rotatable bonds is 7. The molecule has 3 rings (SSSR count). The van der Waals surface area contributed by atoms with Crippen LogP contribution in [0.5, 0.6) is 5.75 Å². The van der Waals surface area contributed by atoms with Crippen LogP contribution < -0.4 is 20.9 Å². The van der Waals surface area contributed by atoms with Crippen molar-refractivity contribution in [2.75, 3.05) is 18.2 Å². The van der Waals surface area contributed by atoms with Crippen LogP contribution in [0, 0.1) is 0 Å². The number of hydrogen-bond acceptors (Lipinski definition) is 6. The number of benzene rings is 1. The highest BCUT2D eigenvalue weighted by atomic mass is 32.2. The molecule has 1 aliphatic carbocycles. The van der Waals surface area contributed by atoms with Crippen LogP contribution in [0.4, 0.5) is 5.69 Å². The van der Waals surface area contributed by atoms with E-state index in [2.05, 4.69) is 15.6 Å². The Kier molecular flexibility index (Phi) is 6.92. The SMILES string of the molecule is COc1cccc(NC(=O)c2cnc(SCC(=O)NC3CCCC3)n(C)c2=O)c1. The van der Waals surface area contributed by atoms with Crippen molar-refractivity contribution < 1.29 is 14.3 Å². The first kappa shape index (κ1) is 20.9. The highest BCUT2D eigenvalue weighted by molar-refractivity contribution is 7.99. The van der Waals surface area contributed by atoms with E-state index in [4.69, 9.17) is 4.74 Å².